The van der Waals surface area contributed by atoms with Crippen molar-refractivity contribution in [1.82, 2.24) is 0 Å². The van der Waals surface area contributed by atoms with Gasteiger partial charge in [0.15, 0.2) is 5.78 Å². The van der Waals surface area contributed by atoms with Gasteiger partial charge in [-0.1, -0.05) is 72.3 Å². The van der Waals surface area contributed by atoms with E-state index < -0.39 is 0 Å². The highest BCUT2D eigenvalue weighted by Gasteiger charge is 2.15. The van der Waals surface area contributed by atoms with Gasteiger partial charge in [0.2, 0.25) is 5.91 Å². The van der Waals surface area contributed by atoms with Crippen molar-refractivity contribution in [2.45, 2.75) is 6.42 Å². The lowest BCUT2D eigenvalue weighted by Gasteiger charge is -2.11. The van der Waals surface area contributed by atoms with Crippen LogP contribution in [0.25, 0.3) is 0 Å². The van der Waals surface area contributed by atoms with Gasteiger partial charge in [0.25, 0.3) is 0 Å². The van der Waals surface area contributed by atoms with Gasteiger partial charge in [-0.15, -0.1) is 0 Å². The van der Waals surface area contributed by atoms with Crippen molar-refractivity contribution >= 4 is 29.0 Å². The molecule has 0 saturated carbocycles. The third kappa shape index (κ3) is 4.14. The van der Waals surface area contributed by atoms with Crippen LogP contribution in [0, 0.1) is 0 Å². The summed E-state index contributed by atoms with van der Waals surface area (Å²) in [6.07, 6.45) is 0.146. The molecule has 0 spiro atoms. The van der Waals surface area contributed by atoms with Crippen LogP contribution in [-0.2, 0) is 11.2 Å². The quantitative estimate of drug-likeness (QED) is 0.675. The van der Waals surface area contributed by atoms with E-state index in [0.29, 0.717) is 21.8 Å². The van der Waals surface area contributed by atoms with E-state index in [1.165, 1.54) is 0 Å². The first-order chi connectivity index (χ1) is 12.1. The Morgan fingerprint density at radius 3 is 2.20 bits per heavy atom. The molecule has 0 heterocycles. The molecule has 0 saturated heterocycles. The second kappa shape index (κ2) is 7.77. The number of rotatable bonds is 5. The van der Waals surface area contributed by atoms with Crippen molar-refractivity contribution in [3.63, 3.8) is 0 Å². The molecule has 0 aliphatic rings. The molecule has 0 aliphatic carbocycles. The van der Waals surface area contributed by atoms with E-state index in [0.717, 1.165) is 5.56 Å². The molecule has 0 bridgehead atoms. The molecule has 1 N–H and O–H groups in total. The summed E-state index contributed by atoms with van der Waals surface area (Å²) in [6.45, 7) is 0. The van der Waals surface area contributed by atoms with Gasteiger partial charge in [0.1, 0.15) is 0 Å². The highest BCUT2D eigenvalue weighted by Crippen LogP contribution is 2.21. The zero-order valence-corrected chi connectivity index (χ0v) is 14.2. The summed E-state index contributed by atoms with van der Waals surface area (Å²) in [5, 5.41) is 3.37. The maximum atomic E-state index is 12.7. The molecule has 0 unspecified atom stereocenters. The summed E-state index contributed by atoms with van der Waals surface area (Å²) in [4.78, 5) is 25.1. The van der Waals surface area contributed by atoms with E-state index in [2.05, 4.69) is 5.32 Å². The second-order valence-electron chi connectivity index (χ2n) is 5.56. The molecule has 0 fully saturated rings. The molecule has 0 aromatic heterocycles. The highest BCUT2D eigenvalue weighted by molar-refractivity contribution is 6.31. The Morgan fingerprint density at radius 2 is 1.44 bits per heavy atom. The minimum atomic E-state index is -0.221. The SMILES string of the molecule is O=C(Cc1ccccc1Cl)Nc1ccccc1C(=O)c1ccccc1. The molecule has 124 valence electrons. The molecular weight excluding hydrogens is 334 g/mol. The first-order valence-corrected chi connectivity index (χ1v) is 8.25. The Bertz CT molecular complexity index is 907. The maximum Gasteiger partial charge on any atom is 0.228 e. The summed E-state index contributed by atoms with van der Waals surface area (Å²) in [6, 6.07) is 23.2. The summed E-state index contributed by atoms with van der Waals surface area (Å²) < 4.78 is 0. The average molecular weight is 350 g/mol. The van der Waals surface area contributed by atoms with Crippen LogP contribution in [0.3, 0.4) is 0 Å². The smallest absolute Gasteiger partial charge is 0.228 e. The Labute approximate surface area is 151 Å². The minimum absolute atomic E-state index is 0.130. The van der Waals surface area contributed by atoms with Gasteiger partial charge in [0, 0.05) is 16.1 Å². The monoisotopic (exact) mass is 349 g/mol. The van der Waals surface area contributed by atoms with Gasteiger partial charge in [-0.2, -0.15) is 0 Å². The number of para-hydroxylation sites is 1. The summed E-state index contributed by atoms with van der Waals surface area (Å²) >= 11 is 6.10. The molecule has 3 nitrogen and oxygen atoms in total. The lowest BCUT2D eigenvalue weighted by Crippen LogP contribution is -2.17. The number of carbonyl (C=O) groups excluding carboxylic acids is 2. The third-order valence-electron chi connectivity index (χ3n) is 3.79. The number of anilines is 1. The third-order valence-corrected chi connectivity index (χ3v) is 4.16. The first kappa shape index (κ1) is 16.9. The van der Waals surface area contributed by atoms with E-state index in [1.807, 2.05) is 36.4 Å². The Kier molecular flexibility index (Phi) is 5.26. The second-order valence-corrected chi connectivity index (χ2v) is 5.96. The number of hydrogen-bond donors (Lipinski definition) is 1. The van der Waals surface area contributed by atoms with Crippen LogP contribution in [0.4, 0.5) is 5.69 Å². The number of carbonyl (C=O) groups is 2. The van der Waals surface area contributed by atoms with Crippen molar-refractivity contribution in [2.24, 2.45) is 0 Å². The van der Waals surface area contributed by atoms with Gasteiger partial charge in [-0.3, -0.25) is 9.59 Å². The van der Waals surface area contributed by atoms with Gasteiger partial charge >= 0.3 is 0 Å². The van der Waals surface area contributed by atoms with Gasteiger partial charge in [-0.25, -0.2) is 0 Å². The van der Waals surface area contributed by atoms with Crippen LogP contribution in [0.1, 0.15) is 21.5 Å². The number of nitrogens with one attached hydrogen (secondary N) is 1. The first-order valence-electron chi connectivity index (χ1n) is 7.87. The fourth-order valence-electron chi connectivity index (χ4n) is 2.54. The number of hydrogen-bond acceptors (Lipinski definition) is 2. The molecular formula is C21H16ClNO2. The maximum absolute atomic E-state index is 12.7. The van der Waals surface area contributed by atoms with E-state index in [-0.39, 0.29) is 18.1 Å². The molecule has 3 aromatic carbocycles. The van der Waals surface area contributed by atoms with Gasteiger partial charge in [-0.05, 0) is 23.8 Å². The minimum Gasteiger partial charge on any atom is -0.325 e. The summed E-state index contributed by atoms with van der Waals surface area (Å²) in [7, 11) is 0. The van der Waals surface area contributed by atoms with Crippen LogP contribution in [0.15, 0.2) is 78.9 Å². The Morgan fingerprint density at radius 1 is 0.800 bits per heavy atom. The Hall–Kier alpha value is -2.91. The fraction of sp³-hybridized carbons (Fsp3) is 0.0476. The van der Waals surface area contributed by atoms with Crippen LogP contribution >= 0.6 is 11.6 Å². The average Bonchev–Trinajstić information content (AvgIpc) is 2.64. The number of benzene rings is 3. The van der Waals surface area contributed by atoms with Crippen molar-refractivity contribution in [1.29, 1.82) is 0 Å². The van der Waals surface area contributed by atoms with E-state index in [1.54, 1.807) is 42.5 Å². The molecule has 0 radical (unpaired) electrons. The largest absolute Gasteiger partial charge is 0.325 e. The van der Waals surface area contributed by atoms with Gasteiger partial charge in [0.05, 0.1) is 12.1 Å². The standard InChI is InChI=1S/C21H16ClNO2/c22-18-12-6-4-10-16(18)14-20(24)23-19-13-7-5-11-17(19)21(25)15-8-2-1-3-9-15/h1-13H,14H2,(H,23,24). The van der Waals surface area contributed by atoms with Crippen LogP contribution in [-0.4, -0.2) is 11.7 Å². The molecule has 1 amide bonds. The normalized spacial score (nSPS) is 10.3. The lowest BCUT2D eigenvalue weighted by atomic mass is 10.0. The number of ketones is 1. The van der Waals surface area contributed by atoms with Crippen molar-refractivity contribution < 1.29 is 9.59 Å². The Balaban J connectivity index is 1.81. The zero-order valence-electron chi connectivity index (χ0n) is 13.4. The van der Waals surface area contributed by atoms with Crippen molar-refractivity contribution in [3.05, 3.63) is 101 Å². The topological polar surface area (TPSA) is 46.2 Å². The lowest BCUT2D eigenvalue weighted by molar-refractivity contribution is -0.115. The van der Waals surface area contributed by atoms with E-state index in [9.17, 15) is 9.59 Å². The molecule has 0 aliphatic heterocycles. The fourth-order valence-corrected chi connectivity index (χ4v) is 2.75. The summed E-state index contributed by atoms with van der Waals surface area (Å²) in [5.74, 6) is -0.351. The van der Waals surface area contributed by atoms with Crippen molar-refractivity contribution in [3.8, 4) is 0 Å². The van der Waals surface area contributed by atoms with Crippen molar-refractivity contribution in [2.75, 3.05) is 5.32 Å². The molecule has 3 aromatic rings. The predicted octanol–water partition coefficient (Wildman–Crippen LogP) is 4.75. The molecule has 3 rings (SSSR count). The molecule has 4 heteroatoms. The van der Waals surface area contributed by atoms with E-state index in [4.69, 9.17) is 11.6 Å². The molecule has 0 atom stereocenters. The van der Waals surface area contributed by atoms with Crippen LogP contribution in [0.5, 0.6) is 0 Å². The predicted molar refractivity (Wildman–Crippen MR) is 100 cm³/mol. The number of amides is 1. The molecule has 25 heavy (non-hydrogen) atoms. The van der Waals surface area contributed by atoms with Crippen LogP contribution in [0.2, 0.25) is 5.02 Å². The highest BCUT2D eigenvalue weighted by atomic mass is 35.5. The van der Waals surface area contributed by atoms with Crippen LogP contribution < -0.4 is 5.32 Å². The van der Waals surface area contributed by atoms with E-state index >= 15 is 0 Å². The zero-order chi connectivity index (χ0) is 17.6. The summed E-state index contributed by atoms with van der Waals surface area (Å²) in [5.41, 5.74) is 2.28. The number of halogens is 1. The van der Waals surface area contributed by atoms with Gasteiger partial charge < -0.3 is 5.32 Å².